The second-order valence-corrected chi connectivity index (χ2v) is 9.05. The quantitative estimate of drug-likeness (QED) is 0.746. The lowest BCUT2D eigenvalue weighted by atomic mass is 10.0. The van der Waals surface area contributed by atoms with Crippen LogP contribution in [0.3, 0.4) is 0 Å². The fraction of sp³-hybridized carbons (Fsp3) is 0.381. The molecule has 0 heterocycles. The molecule has 0 aliphatic carbocycles. The van der Waals surface area contributed by atoms with E-state index in [1.165, 1.54) is 10.6 Å². The van der Waals surface area contributed by atoms with E-state index in [1.54, 1.807) is 0 Å². The molecule has 2 aromatic carbocycles. The minimum absolute atomic E-state index is 0.103. The zero-order valence-electron chi connectivity index (χ0n) is 16.4. The molecule has 0 bridgehead atoms. The van der Waals surface area contributed by atoms with Crippen molar-refractivity contribution in [1.82, 2.24) is 4.31 Å². The van der Waals surface area contributed by atoms with Gasteiger partial charge in [0.05, 0.1) is 6.26 Å². The van der Waals surface area contributed by atoms with Crippen LogP contribution in [0.2, 0.25) is 0 Å². The third kappa shape index (κ3) is 6.19. The van der Waals surface area contributed by atoms with E-state index in [9.17, 15) is 13.2 Å². The third-order valence-electron chi connectivity index (χ3n) is 4.52. The minimum Gasteiger partial charge on any atom is -0.326 e. The van der Waals surface area contributed by atoms with Crippen LogP contribution in [0.1, 0.15) is 42.9 Å². The highest BCUT2D eigenvalue weighted by Crippen LogP contribution is 2.23. The van der Waals surface area contributed by atoms with E-state index in [0.717, 1.165) is 22.4 Å². The highest BCUT2D eigenvalue weighted by atomic mass is 32.2. The van der Waals surface area contributed by atoms with Crippen molar-refractivity contribution in [2.75, 3.05) is 18.1 Å². The maximum atomic E-state index is 12.4. The Morgan fingerprint density at radius 3 is 2.33 bits per heavy atom. The molecule has 2 rings (SSSR count). The molecule has 0 aromatic heterocycles. The van der Waals surface area contributed by atoms with E-state index < -0.39 is 10.0 Å². The van der Waals surface area contributed by atoms with Crippen LogP contribution < -0.4 is 5.32 Å². The molecule has 0 atom stereocenters. The number of nitrogens with one attached hydrogen (secondary N) is 1. The fourth-order valence-electron chi connectivity index (χ4n) is 2.89. The first-order valence-electron chi connectivity index (χ1n) is 9.07. The molecule has 0 unspecified atom stereocenters. The second kappa shape index (κ2) is 9.15. The van der Waals surface area contributed by atoms with E-state index in [1.807, 2.05) is 55.5 Å². The number of benzene rings is 2. The van der Waals surface area contributed by atoms with Crippen LogP contribution in [0.4, 0.5) is 5.69 Å². The van der Waals surface area contributed by atoms with E-state index in [0.29, 0.717) is 0 Å². The van der Waals surface area contributed by atoms with Gasteiger partial charge in [0.1, 0.15) is 0 Å². The molecule has 0 aliphatic rings. The first-order chi connectivity index (χ1) is 12.7. The molecular weight excluding hydrogens is 360 g/mol. The number of rotatable bonds is 8. The molecule has 0 fully saturated rings. The van der Waals surface area contributed by atoms with Gasteiger partial charge in [0.2, 0.25) is 15.9 Å². The molecule has 0 saturated heterocycles. The number of sulfonamides is 1. The van der Waals surface area contributed by atoms with Gasteiger partial charge in [0, 0.05) is 25.2 Å². The highest BCUT2D eigenvalue weighted by Gasteiger charge is 2.19. The summed E-state index contributed by atoms with van der Waals surface area (Å²) in [5, 5.41) is 2.91. The van der Waals surface area contributed by atoms with Gasteiger partial charge < -0.3 is 5.32 Å². The van der Waals surface area contributed by atoms with Gasteiger partial charge in [0.15, 0.2) is 0 Å². The SMILES string of the molecule is Cc1ccccc1CN(CCC(=O)Nc1ccccc1C(C)C)S(C)(=O)=O. The zero-order valence-corrected chi connectivity index (χ0v) is 17.2. The molecule has 6 heteroatoms. The molecule has 0 saturated carbocycles. The molecule has 1 amide bonds. The van der Waals surface area contributed by atoms with E-state index >= 15 is 0 Å². The fourth-order valence-corrected chi connectivity index (χ4v) is 3.69. The van der Waals surface area contributed by atoms with Gasteiger partial charge in [-0.25, -0.2) is 8.42 Å². The number of anilines is 1. The number of hydrogen-bond acceptors (Lipinski definition) is 3. The first-order valence-corrected chi connectivity index (χ1v) is 10.9. The van der Waals surface area contributed by atoms with Crippen molar-refractivity contribution < 1.29 is 13.2 Å². The Morgan fingerprint density at radius 2 is 1.70 bits per heavy atom. The van der Waals surface area contributed by atoms with Crippen LogP contribution >= 0.6 is 0 Å². The molecule has 0 spiro atoms. The highest BCUT2D eigenvalue weighted by molar-refractivity contribution is 7.88. The molecule has 5 nitrogen and oxygen atoms in total. The number of carbonyl (C=O) groups excluding carboxylic acids is 1. The van der Waals surface area contributed by atoms with E-state index in [2.05, 4.69) is 19.2 Å². The Labute approximate surface area is 162 Å². The van der Waals surface area contributed by atoms with Crippen molar-refractivity contribution in [3.63, 3.8) is 0 Å². The average molecular weight is 389 g/mol. The molecular formula is C21H28N2O3S. The van der Waals surface area contributed by atoms with Crippen molar-refractivity contribution in [3.05, 3.63) is 65.2 Å². The molecule has 2 aromatic rings. The van der Waals surface area contributed by atoms with Crippen LogP contribution in [0, 0.1) is 6.92 Å². The van der Waals surface area contributed by atoms with Crippen LogP contribution in [0.25, 0.3) is 0 Å². The van der Waals surface area contributed by atoms with E-state index in [4.69, 9.17) is 0 Å². The van der Waals surface area contributed by atoms with Crippen molar-refractivity contribution in [3.8, 4) is 0 Å². The maximum Gasteiger partial charge on any atom is 0.225 e. The Morgan fingerprint density at radius 1 is 1.07 bits per heavy atom. The Bertz CT molecular complexity index is 892. The maximum absolute atomic E-state index is 12.4. The Kier molecular flexibility index (Phi) is 7.16. The monoisotopic (exact) mass is 388 g/mol. The summed E-state index contributed by atoms with van der Waals surface area (Å²) < 4.78 is 25.7. The number of carbonyl (C=O) groups is 1. The summed E-state index contributed by atoms with van der Waals surface area (Å²) in [6.45, 7) is 6.49. The Hall–Kier alpha value is -2.18. The number of hydrogen-bond donors (Lipinski definition) is 1. The first kappa shape index (κ1) is 21.1. The summed E-state index contributed by atoms with van der Waals surface area (Å²) in [5.74, 6) is 0.0941. The summed E-state index contributed by atoms with van der Waals surface area (Å²) in [6.07, 6.45) is 1.28. The average Bonchev–Trinajstić information content (AvgIpc) is 2.59. The van der Waals surface area contributed by atoms with Crippen molar-refractivity contribution >= 4 is 21.6 Å². The molecule has 27 heavy (non-hydrogen) atoms. The smallest absolute Gasteiger partial charge is 0.225 e. The van der Waals surface area contributed by atoms with Crippen LogP contribution in [0.5, 0.6) is 0 Å². The molecule has 1 N–H and O–H groups in total. The van der Waals surface area contributed by atoms with Crippen molar-refractivity contribution in [2.45, 2.75) is 39.7 Å². The van der Waals surface area contributed by atoms with Gasteiger partial charge in [-0.2, -0.15) is 4.31 Å². The van der Waals surface area contributed by atoms with Gasteiger partial charge >= 0.3 is 0 Å². The van der Waals surface area contributed by atoms with Gasteiger partial charge in [-0.05, 0) is 35.6 Å². The number of para-hydroxylation sites is 1. The van der Waals surface area contributed by atoms with Crippen molar-refractivity contribution in [1.29, 1.82) is 0 Å². The number of amides is 1. The molecule has 146 valence electrons. The summed E-state index contributed by atoms with van der Waals surface area (Å²) in [6, 6.07) is 15.3. The normalized spacial score (nSPS) is 11.8. The van der Waals surface area contributed by atoms with Gasteiger partial charge in [0.25, 0.3) is 0 Å². The topological polar surface area (TPSA) is 66.5 Å². The largest absolute Gasteiger partial charge is 0.326 e. The predicted octanol–water partition coefficient (Wildman–Crippen LogP) is 3.91. The van der Waals surface area contributed by atoms with Crippen molar-refractivity contribution in [2.24, 2.45) is 0 Å². The van der Waals surface area contributed by atoms with Crippen LogP contribution in [0.15, 0.2) is 48.5 Å². The van der Waals surface area contributed by atoms with Gasteiger partial charge in [-0.15, -0.1) is 0 Å². The standard InChI is InChI=1S/C21H28N2O3S/c1-16(2)19-11-7-8-12-20(19)22-21(24)13-14-23(27(4,25)26)15-18-10-6-5-9-17(18)3/h5-12,16H,13-15H2,1-4H3,(H,22,24). The lowest BCUT2D eigenvalue weighted by Gasteiger charge is -2.21. The van der Waals surface area contributed by atoms with Gasteiger partial charge in [-0.1, -0.05) is 56.3 Å². The summed E-state index contributed by atoms with van der Waals surface area (Å²) in [5.41, 5.74) is 3.81. The minimum atomic E-state index is -3.42. The number of nitrogens with zero attached hydrogens (tertiary/aromatic N) is 1. The lowest BCUT2D eigenvalue weighted by molar-refractivity contribution is -0.116. The number of aryl methyl sites for hydroxylation is 1. The Balaban J connectivity index is 2.05. The van der Waals surface area contributed by atoms with Crippen LogP contribution in [-0.4, -0.2) is 31.4 Å². The summed E-state index contributed by atoms with van der Waals surface area (Å²) >= 11 is 0. The van der Waals surface area contributed by atoms with E-state index in [-0.39, 0.29) is 31.3 Å². The predicted molar refractivity (Wildman–Crippen MR) is 110 cm³/mol. The summed E-state index contributed by atoms with van der Waals surface area (Å²) in [4.78, 5) is 12.4. The lowest BCUT2D eigenvalue weighted by Crippen LogP contribution is -2.33. The molecule has 0 radical (unpaired) electrons. The zero-order chi connectivity index (χ0) is 20.0. The molecule has 0 aliphatic heterocycles. The second-order valence-electron chi connectivity index (χ2n) is 7.06. The van der Waals surface area contributed by atoms with Crippen LogP contribution in [-0.2, 0) is 21.4 Å². The third-order valence-corrected chi connectivity index (χ3v) is 5.77. The summed E-state index contributed by atoms with van der Waals surface area (Å²) in [7, 11) is -3.42. The van der Waals surface area contributed by atoms with Gasteiger partial charge in [-0.3, -0.25) is 4.79 Å².